The summed E-state index contributed by atoms with van der Waals surface area (Å²) in [6, 6.07) is 20.2. The molecule has 0 saturated heterocycles. The molecule has 1 aliphatic rings. The molecule has 2 heterocycles. The number of anilines is 1. The third kappa shape index (κ3) is 3.55. The van der Waals surface area contributed by atoms with E-state index in [2.05, 4.69) is 10.3 Å². The SMILES string of the molecule is COc1ccccc1C1=C(Nc2ccccc2C)C(=O)N(Cc2ccccn2)C1=O. The van der Waals surface area contributed by atoms with Gasteiger partial charge in [0.1, 0.15) is 11.4 Å². The van der Waals surface area contributed by atoms with Crippen molar-refractivity contribution in [3.05, 3.63) is 95.4 Å². The zero-order chi connectivity index (χ0) is 21.1. The lowest BCUT2D eigenvalue weighted by Gasteiger charge is -2.15. The van der Waals surface area contributed by atoms with Crippen LogP contribution in [-0.4, -0.2) is 28.8 Å². The van der Waals surface area contributed by atoms with Gasteiger partial charge in [0.25, 0.3) is 11.8 Å². The number of nitrogens with zero attached hydrogens (tertiary/aromatic N) is 2. The summed E-state index contributed by atoms with van der Waals surface area (Å²) in [6.45, 7) is 2.04. The van der Waals surface area contributed by atoms with Crippen molar-refractivity contribution < 1.29 is 14.3 Å². The number of aromatic nitrogens is 1. The topological polar surface area (TPSA) is 71.5 Å². The minimum atomic E-state index is -0.394. The Morgan fingerprint density at radius 2 is 1.67 bits per heavy atom. The first-order chi connectivity index (χ1) is 14.6. The molecule has 1 aromatic heterocycles. The van der Waals surface area contributed by atoms with Crippen LogP contribution in [0.2, 0.25) is 0 Å². The second-order valence-corrected chi connectivity index (χ2v) is 6.91. The van der Waals surface area contributed by atoms with Gasteiger partial charge in [-0.15, -0.1) is 0 Å². The normalized spacial score (nSPS) is 13.7. The van der Waals surface area contributed by atoms with E-state index in [1.54, 1.807) is 37.6 Å². The van der Waals surface area contributed by atoms with Gasteiger partial charge in [-0.05, 0) is 36.8 Å². The monoisotopic (exact) mass is 399 g/mol. The second-order valence-electron chi connectivity index (χ2n) is 6.91. The highest BCUT2D eigenvalue weighted by atomic mass is 16.5. The van der Waals surface area contributed by atoms with Crippen LogP contribution >= 0.6 is 0 Å². The maximum absolute atomic E-state index is 13.4. The number of methoxy groups -OCH3 is 1. The number of pyridine rings is 1. The molecule has 150 valence electrons. The number of imide groups is 1. The fraction of sp³-hybridized carbons (Fsp3) is 0.125. The lowest BCUT2D eigenvalue weighted by atomic mass is 10.0. The van der Waals surface area contributed by atoms with Crippen LogP contribution in [0.4, 0.5) is 5.69 Å². The smallest absolute Gasteiger partial charge is 0.278 e. The van der Waals surface area contributed by atoms with Gasteiger partial charge in [0.15, 0.2) is 0 Å². The molecule has 0 unspecified atom stereocenters. The molecule has 30 heavy (non-hydrogen) atoms. The average molecular weight is 399 g/mol. The standard InChI is InChI=1S/C24H21N3O3/c1-16-9-3-5-12-19(16)26-22-21(18-11-4-6-13-20(18)30-2)23(28)27(24(22)29)15-17-10-7-8-14-25-17/h3-14,26H,15H2,1-2H3. The minimum Gasteiger partial charge on any atom is -0.496 e. The van der Waals surface area contributed by atoms with E-state index in [0.29, 0.717) is 17.0 Å². The maximum Gasteiger partial charge on any atom is 0.278 e. The summed E-state index contributed by atoms with van der Waals surface area (Å²) in [6.07, 6.45) is 1.64. The number of amides is 2. The highest BCUT2D eigenvalue weighted by Gasteiger charge is 2.40. The fourth-order valence-corrected chi connectivity index (χ4v) is 3.44. The Kier molecular flexibility index (Phi) is 5.30. The third-order valence-electron chi connectivity index (χ3n) is 5.00. The Bertz CT molecular complexity index is 1140. The van der Waals surface area contributed by atoms with Crippen molar-refractivity contribution in [1.29, 1.82) is 0 Å². The summed E-state index contributed by atoms with van der Waals surface area (Å²) in [5.74, 6) is -0.251. The molecule has 1 N–H and O–H groups in total. The van der Waals surface area contributed by atoms with Gasteiger partial charge in [-0.3, -0.25) is 19.5 Å². The highest BCUT2D eigenvalue weighted by Crippen LogP contribution is 2.36. The van der Waals surface area contributed by atoms with Gasteiger partial charge in [-0.2, -0.15) is 0 Å². The van der Waals surface area contributed by atoms with Crippen molar-refractivity contribution in [1.82, 2.24) is 9.88 Å². The number of ether oxygens (including phenoxy) is 1. The van der Waals surface area contributed by atoms with E-state index >= 15 is 0 Å². The van der Waals surface area contributed by atoms with Crippen molar-refractivity contribution in [2.75, 3.05) is 12.4 Å². The second kappa shape index (κ2) is 8.21. The molecule has 4 rings (SSSR count). The molecular weight excluding hydrogens is 378 g/mol. The quantitative estimate of drug-likeness (QED) is 0.639. The largest absolute Gasteiger partial charge is 0.496 e. The molecule has 6 heteroatoms. The molecule has 0 saturated carbocycles. The zero-order valence-corrected chi connectivity index (χ0v) is 16.8. The lowest BCUT2D eigenvalue weighted by molar-refractivity contribution is -0.137. The van der Waals surface area contributed by atoms with E-state index in [-0.39, 0.29) is 23.7 Å². The van der Waals surface area contributed by atoms with Crippen molar-refractivity contribution in [3.63, 3.8) is 0 Å². The van der Waals surface area contributed by atoms with E-state index in [1.165, 1.54) is 4.90 Å². The van der Waals surface area contributed by atoms with Crippen molar-refractivity contribution in [2.45, 2.75) is 13.5 Å². The third-order valence-corrected chi connectivity index (χ3v) is 5.00. The van der Waals surface area contributed by atoms with Gasteiger partial charge in [-0.1, -0.05) is 42.5 Å². The maximum atomic E-state index is 13.4. The Labute approximate surface area is 174 Å². The minimum absolute atomic E-state index is 0.0934. The average Bonchev–Trinajstić information content (AvgIpc) is 3.00. The first kappa shape index (κ1) is 19.4. The van der Waals surface area contributed by atoms with Crippen LogP contribution in [0.15, 0.2) is 78.6 Å². The summed E-state index contributed by atoms with van der Waals surface area (Å²) < 4.78 is 5.46. The molecule has 0 spiro atoms. The molecule has 0 aliphatic carbocycles. The number of hydrogen-bond acceptors (Lipinski definition) is 5. The summed E-state index contributed by atoms with van der Waals surface area (Å²) >= 11 is 0. The van der Waals surface area contributed by atoms with Gasteiger partial charge in [-0.25, -0.2) is 0 Å². The number of nitrogens with one attached hydrogen (secondary N) is 1. The first-order valence-corrected chi connectivity index (χ1v) is 9.56. The predicted molar refractivity (Wildman–Crippen MR) is 115 cm³/mol. The molecule has 6 nitrogen and oxygen atoms in total. The highest BCUT2D eigenvalue weighted by molar-refractivity contribution is 6.36. The number of carbonyl (C=O) groups excluding carboxylic acids is 2. The van der Waals surface area contributed by atoms with E-state index in [9.17, 15) is 9.59 Å². The van der Waals surface area contributed by atoms with E-state index in [0.717, 1.165) is 11.3 Å². The molecule has 1 aliphatic heterocycles. The molecule has 0 radical (unpaired) electrons. The molecule has 3 aromatic rings. The van der Waals surface area contributed by atoms with Crippen molar-refractivity contribution in [2.24, 2.45) is 0 Å². The first-order valence-electron chi connectivity index (χ1n) is 9.56. The van der Waals surface area contributed by atoms with Crippen LogP contribution in [0.3, 0.4) is 0 Å². The van der Waals surface area contributed by atoms with Crippen LogP contribution < -0.4 is 10.1 Å². The van der Waals surface area contributed by atoms with E-state index in [1.807, 2.05) is 49.4 Å². The molecule has 2 amide bonds. The Balaban J connectivity index is 1.80. The summed E-state index contributed by atoms with van der Waals surface area (Å²) in [5.41, 5.74) is 3.45. The number of para-hydroxylation sites is 2. The predicted octanol–water partition coefficient (Wildman–Crippen LogP) is 3.79. The van der Waals surface area contributed by atoms with Gasteiger partial charge in [0, 0.05) is 17.4 Å². The Morgan fingerprint density at radius 3 is 2.40 bits per heavy atom. The van der Waals surface area contributed by atoms with E-state index < -0.39 is 5.91 Å². The van der Waals surface area contributed by atoms with Crippen LogP contribution in [0.5, 0.6) is 5.75 Å². The number of aryl methyl sites for hydroxylation is 1. The van der Waals surface area contributed by atoms with Crippen molar-refractivity contribution in [3.8, 4) is 5.75 Å². The van der Waals surface area contributed by atoms with Crippen LogP contribution in [-0.2, 0) is 16.1 Å². The molecule has 0 atom stereocenters. The molecule has 0 bridgehead atoms. The Hall–Kier alpha value is -3.93. The van der Waals surface area contributed by atoms with Crippen LogP contribution in [0.25, 0.3) is 5.57 Å². The summed E-state index contributed by atoms with van der Waals surface area (Å²) in [4.78, 5) is 32.2. The molecular formula is C24H21N3O3. The van der Waals surface area contributed by atoms with Crippen LogP contribution in [0.1, 0.15) is 16.8 Å². The zero-order valence-electron chi connectivity index (χ0n) is 16.8. The van der Waals surface area contributed by atoms with Gasteiger partial charge < -0.3 is 10.1 Å². The number of hydrogen-bond donors (Lipinski definition) is 1. The molecule has 0 fully saturated rings. The van der Waals surface area contributed by atoms with Gasteiger partial charge in [0.2, 0.25) is 0 Å². The summed E-state index contributed by atoms with van der Waals surface area (Å²) in [7, 11) is 1.54. The number of benzene rings is 2. The van der Waals surface area contributed by atoms with Crippen molar-refractivity contribution >= 4 is 23.1 Å². The fourth-order valence-electron chi connectivity index (χ4n) is 3.44. The number of rotatable bonds is 6. The van der Waals surface area contributed by atoms with Gasteiger partial charge >= 0.3 is 0 Å². The lowest BCUT2D eigenvalue weighted by Crippen LogP contribution is -2.32. The van der Waals surface area contributed by atoms with Gasteiger partial charge in [0.05, 0.1) is 24.9 Å². The molecule has 2 aromatic carbocycles. The summed E-state index contributed by atoms with van der Waals surface area (Å²) in [5, 5.41) is 3.20. The Morgan fingerprint density at radius 1 is 0.933 bits per heavy atom. The van der Waals surface area contributed by atoms with Crippen LogP contribution in [0, 0.1) is 6.92 Å². The number of carbonyl (C=O) groups is 2. The van der Waals surface area contributed by atoms with E-state index in [4.69, 9.17) is 4.74 Å².